The summed E-state index contributed by atoms with van der Waals surface area (Å²) in [5.74, 6) is 0. The zero-order chi connectivity index (χ0) is 13.6. The topological polar surface area (TPSA) is 15.3 Å². The zero-order valence-electron chi connectivity index (χ0n) is 12.5. The maximum Gasteiger partial charge on any atom is 0.0449 e. The van der Waals surface area contributed by atoms with E-state index >= 15 is 0 Å². The van der Waals surface area contributed by atoms with Crippen LogP contribution in [-0.4, -0.2) is 31.6 Å². The lowest BCUT2D eigenvalue weighted by Crippen LogP contribution is -2.37. The Hall–Kier alpha value is -0.860. The van der Waals surface area contributed by atoms with Gasteiger partial charge in [0.2, 0.25) is 0 Å². The van der Waals surface area contributed by atoms with Gasteiger partial charge in [0.05, 0.1) is 0 Å². The average molecular weight is 248 g/mol. The van der Waals surface area contributed by atoms with Crippen LogP contribution in [0.5, 0.6) is 0 Å². The molecule has 0 aliphatic heterocycles. The lowest BCUT2D eigenvalue weighted by atomic mass is 9.95. The van der Waals surface area contributed by atoms with Gasteiger partial charge < -0.3 is 10.2 Å². The van der Waals surface area contributed by atoms with Gasteiger partial charge in [0.25, 0.3) is 0 Å². The van der Waals surface area contributed by atoms with Crippen LogP contribution in [0.3, 0.4) is 0 Å². The van der Waals surface area contributed by atoms with Crippen molar-refractivity contribution >= 4 is 0 Å². The molecular weight excluding hydrogens is 220 g/mol. The molecule has 1 N–H and O–H groups in total. The Morgan fingerprint density at radius 1 is 1.17 bits per heavy atom. The molecule has 2 nitrogen and oxygen atoms in total. The number of likely N-dealkylation sites (N-methyl/N-ethyl adjacent to an activating group) is 2. The Balaban J connectivity index is 2.64. The summed E-state index contributed by atoms with van der Waals surface area (Å²) in [6.45, 7) is 12.2. The van der Waals surface area contributed by atoms with Crippen LogP contribution in [0.15, 0.2) is 30.3 Å². The first-order chi connectivity index (χ1) is 8.42. The second-order valence-corrected chi connectivity index (χ2v) is 6.28. The number of nitrogens with zero attached hydrogens (tertiary/aromatic N) is 1. The number of benzene rings is 1. The normalized spacial score (nSPS) is 13.9. The molecule has 1 rings (SSSR count). The van der Waals surface area contributed by atoms with Crippen LogP contribution in [0.25, 0.3) is 0 Å². The van der Waals surface area contributed by atoms with Crippen LogP contribution < -0.4 is 5.32 Å². The van der Waals surface area contributed by atoms with Gasteiger partial charge >= 0.3 is 0 Å². The van der Waals surface area contributed by atoms with Gasteiger partial charge in [-0.15, -0.1) is 0 Å². The lowest BCUT2D eigenvalue weighted by molar-refractivity contribution is 0.208. The Morgan fingerprint density at radius 3 is 2.28 bits per heavy atom. The molecule has 0 aliphatic carbocycles. The minimum absolute atomic E-state index is 0.349. The van der Waals surface area contributed by atoms with Crippen molar-refractivity contribution in [3.63, 3.8) is 0 Å². The van der Waals surface area contributed by atoms with Crippen molar-refractivity contribution in [2.75, 3.05) is 26.7 Å². The highest BCUT2D eigenvalue weighted by atomic mass is 15.1. The monoisotopic (exact) mass is 248 g/mol. The van der Waals surface area contributed by atoms with Crippen LogP contribution in [0, 0.1) is 5.41 Å². The van der Waals surface area contributed by atoms with Gasteiger partial charge in [0, 0.05) is 19.1 Å². The Kier molecular flexibility index (Phi) is 5.83. The molecular formula is C16H28N2. The molecule has 0 aliphatic rings. The summed E-state index contributed by atoms with van der Waals surface area (Å²) in [6.07, 6.45) is 0. The van der Waals surface area contributed by atoms with Gasteiger partial charge in [0.1, 0.15) is 0 Å². The summed E-state index contributed by atoms with van der Waals surface area (Å²) in [5.41, 5.74) is 1.72. The second kappa shape index (κ2) is 6.91. The van der Waals surface area contributed by atoms with Crippen molar-refractivity contribution in [2.24, 2.45) is 5.41 Å². The van der Waals surface area contributed by atoms with Crippen molar-refractivity contribution in [1.82, 2.24) is 10.2 Å². The number of nitrogens with one attached hydrogen (secondary N) is 1. The van der Waals surface area contributed by atoms with E-state index in [4.69, 9.17) is 0 Å². The van der Waals surface area contributed by atoms with Gasteiger partial charge in [-0.05, 0) is 24.6 Å². The lowest BCUT2D eigenvalue weighted by Gasteiger charge is -2.30. The first kappa shape index (κ1) is 15.2. The van der Waals surface area contributed by atoms with Crippen molar-refractivity contribution in [3.8, 4) is 0 Å². The van der Waals surface area contributed by atoms with Crippen molar-refractivity contribution in [3.05, 3.63) is 35.9 Å². The molecule has 1 aromatic rings. The first-order valence-electron chi connectivity index (χ1n) is 6.89. The molecule has 0 heterocycles. The molecule has 0 amide bonds. The van der Waals surface area contributed by atoms with E-state index in [1.165, 1.54) is 5.56 Å². The van der Waals surface area contributed by atoms with Crippen LogP contribution in [0.1, 0.15) is 39.3 Å². The molecule has 0 saturated heterocycles. The standard InChI is InChI=1S/C16H28N2/c1-6-17-15(14-10-8-7-9-11-14)12-18(5)13-16(2,3)4/h7-11,15,17H,6,12-13H2,1-5H3. The molecule has 0 fully saturated rings. The molecule has 18 heavy (non-hydrogen) atoms. The summed E-state index contributed by atoms with van der Waals surface area (Å²) in [4.78, 5) is 2.42. The smallest absolute Gasteiger partial charge is 0.0449 e. The molecule has 1 unspecified atom stereocenters. The first-order valence-corrected chi connectivity index (χ1v) is 6.89. The van der Waals surface area contributed by atoms with E-state index in [9.17, 15) is 0 Å². The molecule has 0 bridgehead atoms. The maximum absolute atomic E-state index is 3.57. The van der Waals surface area contributed by atoms with E-state index in [1.54, 1.807) is 0 Å². The predicted octanol–water partition coefficient (Wildman–Crippen LogP) is 3.32. The van der Waals surface area contributed by atoms with Gasteiger partial charge in [-0.25, -0.2) is 0 Å². The van der Waals surface area contributed by atoms with E-state index in [1.807, 2.05) is 0 Å². The zero-order valence-corrected chi connectivity index (χ0v) is 12.5. The largest absolute Gasteiger partial charge is 0.309 e. The molecule has 1 aromatic carbocycles. The third-order valence-corrected chi connectivity index (χ3v) is 2.89. The van der Waals surface area contributed by atoms with E-state index in [-0.39, 0.29) is 0 Å². The summed E-state index contributed by atoms with van der Waals surface area (Å²) >= 11 is 0. The SMILES string of the molecule is CCNC(CN(C)CC(C)(C)C)c1ccccc1. The van der Waals surface area contributed by atoms with Crippen molar-refractivity contribution in [1.29, 1.82) is 0 Å². The van der Waals surface area contributed by atoms with E-state index < -0.39 is 0 Å². The van der Waals surface area contributed by atoms with Crippen molar-refractivity contribution in [2.45, 2.75) is 33.7 Å². The molecule has 1 atom stereocenters. The van der Waals surface area contributed by atoms with Crippen LogP contribution >= 0.6 is 0 Å². The molecule has 102 valence electrons. The fraction of sp³-hybridized carbons (Fsp3) is 0.625. The summed E-state index contributed by atoms with van der Waals surface area (Å²) in [7, 11) is 2.21. The van der Waals surface area contributed by atoms with Crippen molar-refractivity contribution < 1.29 is 0 Å². The average Bonchev–Trinajstić information content (AvgIpc) is 2.27. The van der Waals surface area contributed by atoms with Gasteiger partial charge in [-0.3, -0.25) is 0 Å². The highest BCUT2D eigenvalue weighted by molar-refractivity contribution is 5.19. The summed E-state index contributed by atoms with van der Waals surface area (Å²) in [6, 6.07) is 11.1. The minimum atomic E-state index is 0.349. The predicted molar refractivity (Wildman–Crippen MR) is 79.8 cm³/mol. The molecule has 2 heteroatoms. The molecule has 0 aromatic heterocycles. The number of rotatable bonds is 6. The summed E-state index contributed by atoms with van der Waals surface area (Å²) < 4.78 is 0. The van der Waals surface area contributed by atoms with E-state index in [2.05, 4.69) is 75.3 Å². The van der Waals surface area contributed by atoms with E-state index in [0.717, 1.165) is 19.6 Å². The van der Waals surface area contributed by atoms with Gasteiger partial charge in [0.15, 0.2) is 0 Å². The minimum Gasteiger partial charge on any atom is -0.309 e. The Labute approximate surface area is 112 Å². The highest BCUT2D eigenvalue weighted by Gasteiger charge is 2.17. The van der Waals surface area contributed by atoms with Gasteiger partial charge in [-0.1, -0.05) is 58.0 Å². The number of hydrogen-bond acceptors (Lipinski definition) is 2. The van der Waals surface area contributed by atoms with E-state index in [0.29, 0.717) is 11.5 Å². The maximum atomic E-state index is 3.57. The quantitative estimate of drug-likeness (QED) is 0.831. The third-order valence-electron chi connectivity index (χ3n) is 2.89. The second-order valence-electron chi connectivity index (χ2n) is 6.28. The Morgan fingerprint density at radius 2 is 1.78 bits per heavy atom. The molecule has 0 saturated carbocycles. The molecule has 0 spiro atoms. The fourth-order valence-corrected chi connectivity index (χ4v) is 2.41. The fourth-order valence-electron chi connectivity index (χ4n) is 2.41. The van der Waals surface area contributed by atoms with Crippen LogP contribution in [-0.2, 0) is 0 Å². The van der Waals surface area contributed by atoms with Crippen LogP contribution in [0.4, 0.5) is 0 Å². The van der Waals surface area contributed by atoms with Gasteiger partial charge in [-0.2, -0.15) is 0 Å². The molecule has 0 radical (unpaired) electrons. The Bertz CT molecular complexity index is 327. The summed E-state index contributed by atoms with van der Waals surface area (Å²) in [5, 5.41) is 3.57. The highest BCUT2D eigenvalue weighted by Crippen LogP contribution is 2.18. The third kappa shape index (κ3) is 5.65. The number of hydrogen-bond donors (Lipinski definition) is 1. The van der Waals surface area contributed by atoms with Crippen LogP contribution in [0.2, 0.25) is 0 Å².